The van der Waals surface area contributed by atoms with Crippen LogP contribution in [0.2, 0.25) is 5.02 Å². The summed E-state index contributed by atoms with van der Waals surface area (Å²) in [6, 6.07) is 22.0. The third kappa shape index (κ3) is 7.12. The number of ether oxygens (including phenoxy) is 3. The summed E-state index contributed by atoms with van der Waals surface area (Å²) in [7, 11) is 0. The number of fused-ring (bicyclic) bond motifs is 2. The van der Waals surface area contributed by atoms with Gasteiger partial charge in [0, 0.05) is 5.02 Å². The molecule has 0 amide bonds. The Hall–Kier alpha value is -4.14. The van der Waals surface area contributed by atoms with Crippen molar-refractivity contribution in [2.75, 3.05) is 13.2 Å². The van der Waals surface area contributed by atoms with Gasteiger partial charge in [0.2, 0.25) is 0 Å². The number of carbonyl (C=O) groups is 1. The van der Waals surface area contributed by atoms with Gasteiger partial charge in [-0.25, -0.2) is 9.79 Å². The van der Waals surface area contributed by atoms with Crippen LogP contribution in [0, 0.1) is 3.57 Å². The molecule has 7 nitrogen and oxygen atoms in total. The smallest absolute Gasteiger partial charge is 0.434 e. The molecular formula is C36H27ClF3IN2O5S. The predicted molar refractivity (Wildman–Crippen MR) is 191 cm³/mol. The summed E-state index contributed by atoms with van der Waals surface area (Å²) < 4.78 is 62.5. The number of carbonyl (C=O) groups excluding carboxylic acids is 1. The fraction of sp³-hybridized carbons (Fsp3) is 0.194. The van der Waals surface area contributed by atoms with Gasteiger partial charge < -0.3 is 14.2 Å². The van der Waals surface area contributed by atoms with E-state index in [2.05, 4.69) is 27.6 Å². The molecule has 1 aliphatic rings. The Morgan fingerprint density at radius 2 is 1.76 bits per heavy atom. The summed E-state index contributed by atoms with van der Waals surface area (Å²) in [6.07, 6.45) is -3.45. The molecular weight excluding hydrogens is 792 g/mol. The molecule has 1 aromatic heterocycles. The lowest BCUT2D eigenvalue weighted by Crippen LogP contribution is -2.41. The molecule has 0 saturated heterocycles. The van der Waals surface area contributed by atoms with Crippen LogP contribution in [0.5, 0.6) is 11.5 Å². The molecule has 252 valence electrons. The van der Waals surface area contributed by atoms with Crippen LogP contribution in [0.15, 0.2) is 99.9 Å². The van der Waals surface area contributed by atoms with Gasteiger partial charge in [-0.05, 0) is 94.2 Å². The SMILES string of the molecule is CCOC(=O)C1=C(C(F)(F)F)N=c2s/c(=C\c3cc(I)c(OCc4cccc5ccccc45)c(OCC)c3)c(=O)n2[C@H]1c1ccc(Cl)cc1. The number of esters is 1. The first-order valence-corrected chi connectivity index (χ1v) is 17.4. The quantitative estimate of drug-likeness (QED) is 0.113. The topological polar surface area (TPSA) is 79.1 Å². The van der Waals surface area contributed by atoms with Crippen molar-refractivity contribution in [3.63, 3.8) is 0 Å². The lowest BCUT2D eigenvalue weighted by Gasteiger charge is -2.26. The molecule has 0 radical (unpaired) electrons. The van der Waals surface area contributed by atoms with E-state index in [0.29, 0.717) is 32.3 Å². The Morgan fingerprint density at radius 1 is 1.02 bits per heavy atom. The zero-order valence-corrected chi connectivity index (χ0v) is 29.7. The molecule has 0 saturated carbocycles. The van der Waals surface area contributed by atoms with E-state index in [-0.39, 0.29) is 28.1 Å². The molecule has 0 aliphatic carbocycles. The van der Waals surface area contributed by atoms with Crippen molar-refractivity contribution >= 4 is 68.3 Å². The van der Waals surface area contributed by atoms with E-state index in [0.717, 1.165) is 32.2 Å². The van der Waals surface area contributed by atoms with Crippen LogP contribution in [0.3, 0.4) is 0 Å². The van der Waals surface area contributed by atoms with Gasteiger partial charge in [0.25, 0.3) is 5.56 Å². The van der Waals surface area contributed by atoms with Crippen LogP contribution >= 0.6 is 45.5 Å². The molecule has 4 aromatic carbocycles. The molecule has 0 N–H and O–H groups in total. The normalized spacial score (nSPS) is 14.8. The molecule has 2 heterocycles. The summed E-state index contributed by atoms with van der Waals surface area (Å²) in [5.41, 5.74) is -1.04. The second-order valence-electron chi connectivity index (χ2n) is 10.8. The minimum atomic E-state index is -5.01. The van der Waals surface area contributed by atoms with Crippen LogP contribution in [0.25, 0.3) is 16.8 Å². The van der Waals surface area contributed by atoms with Crippen molar-refractivity contribution in [2.24, 2.45) is 4.99 Å². The molecule has 0 spiro atoms. The highest BCUT2D eigenvalue weighted by Crippen LogP contribution is 2.39. The van der Waals surface area contributed by atoms with Crippen LogP contribution < -0.4 is 24.4 Å². The number of nitrogens with zero attached hydrogens (tertiary/aromatic N) is 2. The summed E-state index contributed by atoms with van der Waals surface area (Å²) in [5, 5.41) is 2.50. The van der Waals surface area contributed by atoms with Crippen molar-refractivity contribution in [3.05, 3.63) is 135 Å². The van der Waals surface area contributed by atoms with Gasteiger partial charge in [-0.3, -0.25) is 9.36 Å². The van der Waals surface area contributed by atoms with Crippen molar-refractivity contribution < 1.29 is 32.2 Å². The lowest BCUT2D eigenvalue weighted by atomic mass is 9.95. The number of allylic oxidation sites excluding steroid dienone is 1. The average Bonchev–Trinajstić information content (AvgIpc) is 3.38. The Morgan fingerprint density at radius 3 is 2.47 bits per heavy atom. The van der Waals surface area contributed by atoms with Gasteiger partial charge in [-0.2, -0.15) is 13.2 Å². The van der Waals surface area contributed by atoms with Crippen LogP contribution in [-0.4, -0.2) is 29.9 Å². The second kappa shape index (κ2) is 14.4. The maximum Gasteiger partial charge on any atom is 0.434 e. The van der Waals surface area contributed by atoms with E-state index in [1.165, 1.54) is 31.2 Å². The Labute approximate surface area is 301 Å². The van der Waals surface area contributed by atoms with Gasteiger partial charge in [0.1, 0.15) is 6.61 Å². The third-order valence-corrected chi connectivity index (χ3v) is 9.70. The largest absolute Gasteiger partial charge is 0.490 e. The maximum atomic E-state index is 14.4. The number of halogens is 5. The van der Waals surface area contributed by atoms with Crippen LogP contribution in [0.1, 0.15) is 36.6 Å². The fourth-order valence-electron chi connectivity index (χ4n) is 5.59. The maximum absolute atomic E-state index is 14.4. The molecule has 6 rings (SSSR count). The minimum Gasteiger partial charge on any atom is -0.490 e. The van der Waals surface area contributed by atoms with Crippen LogP contribution in [0.4, 0.5) is 13.2 Å². The van der Waals surface area contributed by atoms with E-state index in [1.807, 2.05) is 49.4 Å². The molecule has 5 aromatic rings. The molecule has 0 unspecified atom stereocenters. The van der Waals surface area contributed by atoms with Crippen molar-refractivity contribution in [2.45, 2.75) is 32.7 Å². The zero-order valence-electron chi connectivity index (χ0n) is 26.0. The standard InChI is InChI=1S/C36H27ClF3IN2O5S/c1-3-46-27-17-20(16-26(41)31(27)48-19-23-10-7-9-21-8-5-6-11-25(21)23)18-28-33(44)43-30(22-12-14-24(37)15-13-22)29(34(45)47-4-2)32(36(38,39)40)42-35(43)49-28/h5-18,30H,3-4,19H2,1-2H3/b28-18-/t30-/m0/s1. The number of hydrogen-bond acceptors (Lipinski definition) is 7. The van der Waals surface area contributed by atoms with Crippen molar-refractivity contribution in [1.29, 1.82) is 0 Å². The number of alkyl halides is 3. The van der Waals surface area contributed by atoms with Gasteiger partial charge in [0.05, 0.1) is 32.9 Å². The molecule has 1 aliphatic heterocycles. The summed E-state index contributed by atoms with van der Waals surface area (Å²) >= 11 is 8.98. The first-order chi connectivity index (χ1) is 23.5. The Kier molecular flexibility index (Phi) is 10.2. The highest BCUT2D eigenvalue weighted by molar-refractivity contribution is 14.1. The molecule has 49 heavy (non-hydrogen) atoms. The first kappa shape index (κ1) is 34.7. The monoisotopic (exact) mass is 818 g/mol. The number of benzene rings is 4. The molecule has 1 atom stereocenters. The number of thiazole rings is 1. The van der Waals surface area contributed by atoms with Gasteiger partial charge in [0.15, 0.2) is 22.0 Å². The molecule has 0 bridgehead atoms. The van der Waals surface area contributed by atoms with E-state index in [1.54, 1.807) is 18.2 Å². The predicted octanol–water partition coefficient (Wildman–Crippen LogP) is 7.73. The fourth-order valence-corrected chi connectivity index (χ4v) is 7.50. The Balaban J connectivity index is 1.45. The highest BCUT2D eigenvalue weighted by atomic mass is 127. The minimum absolute atomic E-state index is 0.104. The average molecular weight is 819 g/mol. The van der Waals surface area contributed by atoms with Gasteiger partial charge in [-0.1, -0.05) is 77.5 Å². The third-order valence-electron chi connectivity index (χ3n) is 7.66. The number of hydrogen-bond donors (Lipinski definition) is 0. The van der Waals surface area contributed by atoms with E-state index < -0.39 is 35.0 Å². The van der Waals surface area contributed by atoms with E-state index in [4.69, 9.17) is 25.8 Å². The summed E-state index contributed by atoms with van der Waals surface area (Å²) in [5.74, 6) is -0.259. The van der Waals surface area contributed by atoms with Crippen LogP contribution in [-0.2, 0) is 16.1 Å². The van der Waals surface area contributed by atoms with Crippen molar-refractivity contribution in [1.82, 2.24) is 4.57 Å². The van der Waals surface area contributed by atoms with E-state index >= 15 is 0 Å². The molecule has 13 heteroatoms. The van der Waals surface area contributed by atoms with E-state index in [9.17, 15) is 22.8 Å². The number of rotatable bonds is 9. The van der Waals surface area contributed by atoms with Crippen molar-refractivity contribution in [3.8, 4) is 11.5 Å². The van der Waals surface area contributed by atoms with Gasteiger partial charge >= 0.3 is 12.1 Å². The Bertz CT molecular complexity index is 2280. The number of aromatic nitrogens is 1. The zero-order chi connectivity index (χ0) is 34.9. The molecule has 0 fully saturated rings. The second-order valence-corrected chi connectivity index (χ2v) is 13.4. The lowest BCUT2D eigenvalue weighted by molar-refractivity contribution is -0.140. The first-order valence-electron chi connectivity index (χ1n) is 15.1. The summed E-state index contributed by atoms with van der Waals surface area (Å²) in [6.45, 7) is 3.76. The summed E-state index contributed by atoms with van der Waals surface area (Å²) in [4.78, 5) is 30.7. The highest BCUT2D eigenvalue weighted by Gasteiger charge is 2.45. The van der Waals surface area contributed by atoms with Gasteiger partial charge in [-0.15, -0.1) is 0 Å².